The van der Waals surface area contributed by atoms with Gasteiger partial charge in [-0.1, -0.05) is 146 Å². The van der Waals surface area contributed by atoms with Gasteiger partial charge in [0, 0.05) is 38.4 Å². The molecule has 0 atom stereocenters. The Morgan fingerprint density at radius 3 is 1.39 bits per heavy atom. The highest BCUT2D eigenvalue weighted by atomic mass is 15.0. The van der Waals surface area contributed by atoms with Crippen molar-refractivity contribution in [1.82, 2.24) is 14.5 Å². The van der Waals surface area contributed by atoms with Crippen molar-refractivity contribution in [2.45, 2.75) is 0 Å². The van der Waals surface area contributed by atoms with Crippen LogP contribution in [0.15, 0.2) is 176 Å². The summed E-state index contributed by atoms with van der Waals surface area (Å²) >= 11 is 0. The highest BCUT2D eigenvalue weighted by molar-refractivity contribution is 6.23. The van der Waals surface area contributed by atoms with Gasteiger partial charge in [0.25, 0.3) is 0 Å². The maximum absolute atomic E-state index is 5.44. The molecule has 0 unspecified atom stereocenters. The van der Waals surface area contributed by atoms with Crippen molar-refractivity contribution < 1.29 is 0 Å². The van der Waals surface area contributed by atoms with Crippen molar-refractivity contribution in [3.8, 4) is 39.3 Å². The summed E-state index contributed by atoms with van der Waals surface area (Å²) in [5.74, 6) is 0. The first kappa shape index (κ1) is 27.5. The minimum atomic E-state index is 0.882. The quantitative estimate of drug-likeness (QED) is 0.183. The maximum Gasteiger partial charge on any atom is 0.0979 e. The third-order valence-corrected chi connectivity index (χ3v) is 9.78. The number of aromatic nitrogens is 3. The first-order valence-electron chi connectivity index (χ1n) is 16.7. The van der Waals surface area contributed by atoms with Gasteiger partial charge >= 0.3 is 0 Å². The summed E-state index contributed by atoms with van der Waals surface area (Å²) < 4.78 is 2.36. The van der Waals surface area contributed by atoms with Gasteiger partial charge in [0.15, 0.2) is 0 Å². The Morgan fingerprint density at radius 1 is 0.306 bits per heavy atom. The molecule has 10 aromatic rings. The summed E-state index contributed by atoms with van der Waals surface area (Å²) in [5.41, 5.74) is 11.6. The number of fused-ring (bicyclic) bond motifs is 9. The molecule has 0 aliphatic rings. The average molecular weight is 624 g/mol. The molecule has 0 amide bonds. The number of benzene rings is 8. The van der Waals surface area contributed by atoms with E-state index in [0.29, 0.717) is 0 Å². The van der Waals surface area contributed by atoms with Crippen LogP contribution in [0.1, 0.15) is 0 Å². The van der Waals surface area contributed by atoms with Gasteiger partial charge < -0.3 is 4.57 Å². The molecule has 8 aromatic carbocycles. The highest BCUT2D eigenvalue weighted by Crippen LogP contribution is 2.39. The van der Waals surface area contributed by atoms with E-state index in [1.54, 1.807) is 0 Å². The summed E-state index contributed by atoms with van der Waals surface area (Å²) in [5, 5.41) is 7.11. The zero-order chi connectivity index (χ0) is 32.3. The lowest BCUT2D eigenvalue weighted by Crippen LogP contribution is -1.97. The minimum absolute atomic E-state index is 0.882. The third-order valence-electron chi connectivity index (χ3n) is 9.78. The van der Waals surface area contributed by atoms with Crippen molar-refractivity contribution >= 4 is 54.4 Å². The van der Waals surface area contributed by atoms with E-state index in [2.05, 4.69) is 174 Å². The van der Waals surface area contributed by atoms with Crippen molar-refractivity contribution in [1.29, 1.82) is 0 Å². The third kappa shape index (κ3) is 4.37. The predicted molar refractivity (Wildman–Crippen MR) is 205 cm³/mol. The Labute approximate surface area is 283 Å². The summed E-state index contributed by atoms with van der Waals surface area (Å²) in [6, 6.07) is 62.4. The fourth-order valence-corrected chi connectivity index (χ4v) is 7.49. The van der Waals surface area contributed by atoms with Gasteiger partial charge in [-0.25, -0.2) is 9.97 Å². The summed E-state index contributed by atoms with van der Waals surface area (Å²) in [6.45, 7) is 0. The second kappa shape index (κ2) is 11.0. The predicted octanol–water partition coefficient (Wildman–Crippen LogP) is 12.0. The van der Waals surface area contributed by atoms with E-state index in [0.717, 1.165) is 55.6 Å². The van der Waals surface area contributed by atoms with Crippen LogP contribution < -0.4 is 0 Å². The van der Waals surface area contributed by atoms with Gasteiger partial charge in [-0.3, -0.25) is 0 Å². The lowest BCUT2D eigenvalue weighted by atomic mass is 9.97. The van der Waals surface area contributed by atoms with Crippen LogP contribution in [0.2, 0.25) is 0 Å². The molecule has 10 rings (SSSR count). The molecule has 0 aliphatic heterocycles. The number of hydrogen-bond donors (Lipinski definition) is 0. The first-order valence-corrected chi connectivity index (χ1v) is 16.7. The minimum Gasteiger partial charge on any atom is -0.309 e. The number of para-hydroxylation sites is 2. The molecule has 0 saturated heterocycles. The first-order chi connectivity index (χ1) is 24.3. The van der Waals surface area contributed by atoms with Gasteiger partial charge in [-0.05, 0) is 52.2 Å². The Balaban J connectivity index is 1.15. The van der Waals surface area contributed by atoms with Crippen molar-refractivity contribution in [2.75, 3.05) is 0 Å². The zero-order valence-electron chi connectivity index (χ0n) is 26.6. The summed E-state index contributed by atoms with van der Waals surface area (Å²) in [4.78, 5) is 10.9. The molecule has 0 spiro atoms. The standard InChI is InChI=1S/C46H29N3/c1-3-13-31(14-4-1)43-44(48-46-39-21-10-8-18-36(39)35-17-7-9-20-38(35)45(46)47-43)32-25-23-30(24-26-32)33-27-28-42-40(29-33)37-19-11-12-22-41(37)49(42)34-15-5-2-6-16-34/h1-29H. The van der Waals surface area contributed by atoms with Gasteiger partial charge in [0.1, 0.15) is 0 Å². The Kier molecular flexibility index (Phi) is 6.18. The zero-order valence-corrected chi connectivity index (χ0v) is 26.6. The van der Waals surface area contributed by atoms with Crippen molar-refractivity contribution in [3.63, 3.8) is 0 Å². The lowest BCUT2D eigenvalue weighted by Gasteiger charge is -2.15. The van der Waals surface area contributed by atoms with Gasteiger partial charge in [0.2, 0.25) is 0 Å². The molecule has 0 aliphatic carbocycles. The van der Waals surface area contributed by atoms with Crippen LogP contribution in [0, 0.1) is 0 Å². The van der Waals surface area contributed by atoms with E-state index in [1.165, 1.54) is 38.1 Å². The number of rotatable bonds is 4. The second-order valence-corrected chi connectivity index (χ2v) is 12.6. The molecule has 228 valence electrons. The van der Waals surface area contributed by atoms with E-state index in [1.807, 2.05) is 6.07 Å². The lowest BCUT2D eigenvalue weighted by molar-refractivity contribution is 1.18. The molecule has 0 radical (unpaired) electrons. The fourth-order valence-electron chi connectivity index (χ4n) is 7.49. The summed E-state index contributed by atoms with van der Waals surface area (Å²) in [7, 11) is 0. The molecule has 3 nitrogen and oxygen atoms in total. The SMILES string of the molecule is c1ccc(-c2nc3c4ccccc4c4ccccc4c3nc2-c2ccc(-c3ccc4c(c3)c3ccccc3n4-c3ccccc3)cc2)cc1. The Bertz CT molecular complexity index is 2850. The smallest absolute Gasteiger partial charge is 0.0979 e. The largest absolute Gasteiger partial charge is 0.309 e. The van der Waals surface area contributed by atoms with Crippen LogP contribution >= 0.6 is 0 Å². The van der Waals surface area contributed by atoms with Gasteiger partial charge in [0.05, 0.1) is 33.5 Å². The molecule has 2 heterocycles. The topological polar surface area (TPSA) is 30.7 Å². The monoisotopic (exact) mass is 623 g/mol. The van der Waals surface area contributed by atoms with Crippen molar-refractivity contribution in [3.05, 3.63) is 176 Å². The van der Waals surface area contributed by atoms with E-state index in [4.69, 9.17) is 9.97 Å². The molecule has 0 N–H and O–H groups in total. The van der Waals surface area contributed by atoms with Crippen LogP contribution in [0.4, 0.5) is 0 Å². The Hall–Kier alpha value is -6.58. The Morgan fingerprint density at radius 2 is 0.755 bits per heavy atom. The molecule has 0 bridgehead atoms. The molecule has 0 fully saturated rings. The van der Waals surface area contributed by atoms with Crippen LogP contribution in [0.5, 0.6) is 0 Å². The number of nitrogens with zero attached hydrogens (tertiary/aromatic N) is 3. The van der Waals surface area contributed by atoms with Gasteiger partial charge in [-0.15, -0.1) is 0 Å². The molecular formula is C46H29N3. The average Bonchev–Trinajstić information content (AvgIpc) is 3.52. The fraction of sp³-hybridized carbons (Fsp3) is 0. The van der Waals surface area contributed by atoms with Gasteiger partial charge in [-0.2, -0.15) is 0 Å². The van der Waals surface area contributed by atoms with E-state index < -0.39 is 0 Å². The maximum atomic E-state index is 5.44. The van der Waals surface area contributed by atoms with E-state index in [9.17, 15) is 0 Å². The molecule has 49 heavy (non-hydrogen) atoms. The van der Waals surface area contributed by atoms with Crippen LogP contribution in [0.25, 0.3) is 93.7 Å². The molecule has 0 saturated carbocycles. The normalized spacial score (nSPS) is 11.7. The summed E-state index contributed by atoms with van der Waals surface area (Å²) in [6.07, 6.45) is 0. The molecule has 3 heteroatoms. The van der Waals surface area contributed by atoms with Crippen LogP contribution in [-0.2, 0) is 0 Å². The van der Waals surface area contributed by atoms with Crippen LogP contribution in [-0.4, -0.2) is 14.5 Å². The molecular weight excluding hydrogens is 595 g/mol. The van der Waals surface area contributed by atoms with Crippen molar-refractivity contribution in [2.24, 2.45) is 0 Å². The second-order valence-electron chi connectivity index (χ2n) is 12.6. The number of hydrogen-bond acceptors (Lipinski definition) is 2. The molecule has 2 aromatic heterocycles. The van der Waals surface area contributed by atoms with E-state index in [-0.39, 0.29) is 0 Å². The van der Waals surface area contributed by atoms with Crippen LogP contribution in [0.3, 0.4) is 0 Å². The highest BCUT2D eigenvalue weighted by Gasteiger charge is 2.18. The van der Waals surface area contributed by atoms with E-state index >= 15 is 0 Å².